The first-order valence-electron chi connectivity index (χ1n) is 9.18. The molecule has 162 valence electrons. The Bertz CT molecular complexity index is 1030. The Labute approximate surface area is 188 Å². The summed E-state index contributed by atoms with van der Waals surface area (Å²) in [6.07, 6.45) is -0.149. The maximum atomic E-state index is 12.4. The number of hydrogen-bond donors (Lipinski definition) is 1. The molecule has 1 saturated heterocycles. The Hall–Kier alpha value is -3.10. The number of nitrogens with zero attached hydrogens (tertiary/aromatic N) is 1. The summed E-state index contributed by atoms with van der Waals surface area (Å²) in [5.74, 6) is -2.36. The second kappa shape index (κ2) is 9.80. The van der Waals surface area contributed by atoms with Crippen LogP contribution in [0.2, 0.25) is 10.0 Å². The summed E-state index contributed by atoms with van der Waals surface area (Å²) in [5, 5.41) is 1.53. The fraction of sp³-hybridized carbons (Fsp3) is 0.238. The fourth-order valence-electron chi connectivity index (χ4n) is 2.94. The molecule has 1 N–H and O–H groups in total. The molecule has 1 fully saturated rings. The van der Waals surface area contributed by atoms with Crippen LogP contribution in [0, 0.1) is 5.92 Å². The van der Waals surface area contributed by atoms with Crippen LogP contribution in [0.4, 0.5) is 0 Å². The third kappa shape index (κ3) is 5.53. The van der Waals surface area contributed by atoms with E-state index in [1.165, 1.54) is 25.3 Å². The summed E-state index contributed by atoms with van der Waals surface area (Å²) in [6, 6.07) is 10.7. The van der Waals surface area contributed by atoms with Crippen LogP contribution >= 0.6 is 23.2 Å². The maximum absolute atomic E-state index is 12.4. The van der Waals surface area contributed by atoms with E-state index < -0.39 is 30.3 Å². The van der Waals surface area contributed by atoms with E-state index in [0.29, 0.717) is 16.3 Å². The highest BCUT2D eigenvalue weighted by atomic mass is 35.5. The van der Waals surface area contributed by atoms with E-state index in [0.717, 1.165) is 5.01 Å². The van der Waals surface area contributed by atoms with Crippen LogP contribution in [-0.4, -0.2) is 48.8 Å². The zero-order chi connectivity index (χ0) is 22.5. The van der Waals surface area contributed by atoms with E-state index in [9.17, 15) is 19.2 Å². The summed E-state index contributed by atoms with van der Waals surface area (Å²) in [4.78, 5) is 49.0. The standard InChI is InChI=1S/C21H18Cl2N2O6/c1-30-15-5-2-12(3-6-15)18(26)11-31-21(29)13-8-19(27)25(10-13)24-20(28)16-7-4-14(22)9-17(16)23/h2-7,9,13H,8,10-11H2,1H3,(H,24,28). The molecule has 1 aliphatic heterocycles. The topological polar surface area (TPSA) is 102 Å². The minimum atomic E-state index is -0.808. The molecule has 10 heteroatoms. The maximum Gasteiger partial charge on any atom is 0.311 e. The van der Waals surface area contributed by atoms with E-state index in [4.69, 9.17) is 32.7 Å². The van der Waals surface area contributed by atoms with E-state index in [1.807, 2.05) is 0 Å². The zero-order valence-electron chi connectivity index (χ0n) is 16.4. The number of ether oxygens (including phenoxy) is 2. The molecule has 31 heavy (non-hydrogen) atoms. The van der Waals surface area contributed by atoms with Crippen LogP contribution in [0.15, 0.2) is 42.5 Å². The lowest BCUT2D eigenvalue weighted by molar-refractivity contribution is -0.147. The lowest BCUT2D eigenvalue weighted by atomic mass is 10.1. The summed E-state index contributed by atoms with van der Waals surface area (Å²) < 4.78 is 10.1. The molecule has 3 rings (SSSR count). The zero-order valence-corrected chi connectivity index (χ0v) is 17.9. The minimum Gasteiger partial charge on any atom is -0.497 e. The number of Topliss-reactive ketones (excluding diaryl/α,β-unsaturated/α-hetero) is 1. The van der Waals surface area contributed by atoms with Gasteiger partial charge in [-0.15, -0.1) is 0 Å². The second-order valence-electron chi connectivity index (χ2n) is 6.73. The van der Waals surface area contributed by atoms with E-state index in [2.05, 4.69) is 5.43 Å². The molecule has 0 saturated carbocycles. The quantitative estimate of drug-likeness (QED) is 0.499. The number of benzene rings is 2. The Balaban J connectivity index is 1.53. The van der Waals surface area contributed by atoms with Gasteiger partial charge in [-0.25, -0.2) is 0 Å². The largest absolute Gasteiger partial charge is 0.497 e. The van der Waals surface area contributed by atoms with Crippen LogP contribution < -0.4 is 10.2 Å². The van der Waals surface area contributed by atoms with Crippen molar-refractivity contribution in [3.63, 3.8) is 0 Å². The number of hydrazine groups is 1. The van der Waals surface area contributed by atoms with E-state index in [-0.39, 0.29) is 29.3 Å². The first-order valence-corrected chi connectivity index (χ1v) is 9.94. The molecule has 1 unspecified atom stereocenters. The van der Waals surface area contributed by atoms with Crippen molar-refractivity contribution in [2.75, 3.05) is 20.3 Å². The SMILES string of the molecule is COc1ccc(C(=O)COC(=O)C2CC(=O)N(NC(=O)c3ccc(Cl)cc3Cl)C2)cc1. The van der Waals surface area contributed by atoms with Crippen LogP contribution in [0.5, 0.6) is 5.75 Å². The van der Waals surface area contributed by atoms with Crippen LogP contribution in [-0.2, 0) is 14.3 Å². The Morgan fingerprint density at radius 2 is 1.84 bits per heavy atom. The third-order valence-electron chi connectivity index (χ3n) is 4.63. The number of nitrogens with one attached hydrogen (secondary N) is 1. The molecule has 0 spiro atoms. The number of hydrogen-bond acceptors (Lipinski definition) is 6. The van der Waals surface area contributed by atoms with Crippen LogP contribution in [0.1, 0.15) is 27.1 Å². The number of carbonyl (C=O) groups excluding carboxylic acids is 4. The van der Waals surface area contributed by atoms with E-state index >= 15 is 0 Å². The Morgan fingerprint density at radius 3 is 2.48 bits per heavy atom. The van der Waals surface area contributed by atoms with Crippen molar-refractivity contribution in [2.24, 2.45) is 5.92 Å². The van der Waals surface area contributed by atoms with Crippen molar-refractivity contribution in [2.45, 2.75) is 6.42 Å². The number of esters is 1. The molecule has 0 radical (unpaired) electrons. The third-order valence-corrected chi connectivity index (χ3v) is 5.18. The summed E-state index contributed by atoms with van der Waals surface area (Å²) >= 11 is 11.8. The highest BCUT2D eigenvalue weighted by Gasteiger charge is 2.37. The van der Waals surface area contributed by atoms with Gasteiger partial charge in [0.25, 0.3) is 5.91 Å². The van der Waals surface area contributed by atoms with Crippen molar-refractivity contribution in [3.8, 4) is 5.75 Å². The Morgan fingerprint density at radius 1 is 1.13 bits per heavy atom. The molecule has 2 aromatic rings. The first-order chi connectivity index (χ1) is 14.8. The average Bonchev–Trinajstić information content (AvgIpc) is 3.12. The number of methoxy groups -OCH3 is 1. The molecule has 1 aliphatic rings. The molecule has 2 aromatic carbocycles. The van der Waals surface area contributed by atoms with Crippen molar-refractivity contribution >= 4 is 46.8 Å². The van der Waals surface area contributed by atoms with Gasteiger partial charge in [0.05, 0.1) is 30.2 Å². The lowest BCUT2D eigenvalue weighted by Gasteiger charge is -2.18. The second-order valence-corrected chi connectivity index (χ2v) is 7.57. The van der Waals surface area contributed by atoms with Gasteiger partial charge in [-0.05, 0) is 42.5 Å². The summed E-state index contributed by atoms with van der Waals surface area (Å²) in [5.41, 5.74) is 2.92. The predicted octanol–water partition coefficient (Wildman–Crippen LogP) is 2.92. The molecule has 1 atom stereocenters. The molecule has 8 nitrogen and oxygen atoms in total. The van der Waals surface area contributed by atoms with E-state index in [1.54, 1.807) is 24.3 Å². The molecule has 0 bridgehead atoms. The van der Waals surface area contributed by atoms with Crippen molar-refractivity contribution in [1.29, 1.82) is 0 Å². The van der Waals surface area contributed by atoms with Gasteiger partial charge in [0, 0.05) is 17.0 Å². The first kappa shape index (κ1) is 22.6. The molecule has 2 amide bonds. The highest BCUT2D eigenvalue weighted by molar-refractivity contribution is 6.36. The molecule has 0 aromatic heterocycles. The van der Waals surface area contributed by atoms with Gasteiger partial charge < -0.3 is 9.47 Å². The van der Waals surface area contributed by atoms with Crippen molar-refractivity contribution in [3.05, 3.63) is 63.6 Å². The van der Waals surface area contributed by atoms with Gasteiger partial charge in [0.2, 0.25) is 5.91 Å². The molecule has 0 aliphatic carbocycles. The summed E-state index contributed by atoms with van der Waals surface area (Å²) in [7, 11) is 1.51. The van der Waals surface area contributed by atoms with Gasteiger partial charge in [0.1, 0.15) is 5.75 Å². The van der Waals surface area contributed by atoms with Crippen LogP contribution in [0.25, 0.3) is 0 Å². The number of rotatable bonds is 7. The number of amides is 2. The lowest BCUT2D eigenvalue weighted by Crippen LogP contribution is -2.43. The van der Waals surface area contributed by atoms with Gasteiger partial charge in [0.15, 0.2) is 12.4 Å². The minimum absolute atomic E-state index is 0.0780. The van der Waals surface area contributed by atoms with Crippen molar-refractivity contribution < 1.29 is 28.7 Å². The molecular formula is C21H18Cl2N2O6. The van der Waals surface area contributed by atoms with Gasteiger partial charge in [-0.2, -0.15) is 0 Å². The fourth-order valence-corrected chi connectivity index (χ4v) is 3.44. The number of halogens is 2. The molecular weight excluding hydrogens is 447 g/mol. The molecule has 1 heterocycles. The summed E-state index contributed by atoms with van der Waals surface area (Å²) in [6.45, 7) is -0.534. The van der Waals surface area contributed by atoms with Gasteiger partial charge >= 0.3 is 5.97 Å². The Kier molecular flexibility index (Phi) is 7.14. The number of carbonyl (C=O) groups is 4. The normalized spacial score (nSPS) is 15.5. The monoisotopic (exact) mass is 464 g/mol. The smallest absolute Gasteiger partial charge is 0.311 e. The van der Waals surface area contributed by atoms with Crippen molar-refractivity contribution in [1.82, 2.24) is 10.4 Å². The predicted molar refractivity (Wildman–Crippen MR) is 112 cm³/mol. The van der Waals surface area contributed by atoms with Gasteiger partial charge in [-0.3, -0.25) is 29.6 Å². The highest BCUT2D eigenvalue weighted by Crippen LogP contribution is 2.22. The van der Waals surface area contributed by atoms with Gasteiger partial charge in [-0.1, -0.05) is 23.2 Å². The average molecular weight is 465 g/mol. The number of ketones is 1. The van der Waals surface area contributed by atoms with Crippen LogP contribution in [0.3, 0.4) is 0 Å².